The van der Waals surface area contributed by atoms with Crippen LogP contribution in [-0.2, 0) is 9.16 Å². The molecule has 0 spiro atoms. The van der Waals surface area contributed by atoms with Crippen LogP contribution in [0.25, 0.3) is 0 Å². The zero-order valence-electron chi connectivity index (χ0n) is 6.02. The second kappa shape index (κ2) is 3.22. The lowest BCUT2D eigenvalue weighted by Gasteiger charge is -2.18. The van der Waals surface area contributed by atoms with Crippen LogP contribution in [0.1, 0.15) is 20.8 Å². The van der Waals surface area contributed by atoms with Crippen LogP contribution in [0.2, 0.25) is 0 Å². The fourth-order valence-electron chi connectivity index (χ4n) is 0.236. The highest BCUT2D eigenvalue weighted by Crippen LogP contribution is 2.04. The Labute approximate surface area is 53.7 Å². The molecule has 0 radical (unpaired) electrons. The Morgan fingerprint density at radius 2 is 1.88 bits per heavy atom. The minimum Gasteiger partial charge on any atom is -0.406 e. The van der Waals surface area contributed by atoms with Gasteiger partial charge in [-0.15, -0.1) is 0 Å². The number of hydrogen-bond donors (Lipinski definition) is 0. The molecule has 0 bridgehead atoms. The van der Waals surface area contributed by atoms with Gasteiger partial charge in [0.2, 0.25) is 0 Å². The van der Waals surface area contributed by atoms with E-state index in [1.54, 1.807) is 0 Å². The van der Waals surface area contributed by atoms with Gasteiger partial charge in [0, 0.05) is 0 Å². The molecule has 0 saturated heterocycles. The molecule has 0 N–H and O–H groups in total. The molecule has 0 unspecified atom stereocenters. The molecule has 0 aromatic carbocycles. The Morgan fingerprint density at radius 1 is 1.38 bits per heavy atom. The van der Waals surface area contributed by atoms with Crippen molar-refractivity contribution in [3.63, 3.8) is 0 Å². The molecule has 0 fully saturated rings. The Kier molecular flexibility index (Phi) is 3.27. The third-order valence-electron chi connectivity index (χ3n) is 0.610. The molecule has 0 aliphatic carbocycles. The second-order valence-corrected chi connectivity index (χ2v) is 3.24. The fraction of sp³-hybridized carbons (Fsp3) is 1.00. The van der Waals surface area contributed by atoms with E-state index in [-0.39, 0.29) is 5.60 Å². The third-order valence-corrected chi connectivity index (χ3v) is 0.845. The van der Waals surface area contributed by atoms with E-state index in [0.717, 1.165) is 10.5 Å². The zero-order chi connectivity index (χ0) is 6.62. The van der Waals surface area contributed by atoms with Crippen molar-refractivity contribution in [3.05, 3.63) is 0 Å². The van der Waals surface area contributed by atoms with E-state index in [1.165, 1.54) is 0 Å². The van der Waals surface area contributed by atoms with Gasteiger partial charge in [0.1, 0.15) is 17.3 Å². The highest BCUT2D eigenvalue weighted by Gasteiger charge is 2.07. The van der Waals surface area contributed by atoms with E-state index < -0.39 is 0 Å². The minimum absolute atomic E-state index is 0.0512. The molecular formula is C5H14O2Si. The van der Waals surface area contributed by atoms with Gasteiger partial charge in [-0.1, -0.05) is 0 Å². The molecule has 0 saturated carbocycles. The molecule has 0 heterocycles. The molecule has 50 valence electrons. The monoisotopic (exact) mass is 134 g/mol. The maximum atomic E-state index is 5.19. The first-order valence-corrected chi connectivity index (χ1v) is 3.51. The highest BCUT2D eigenvalue weighted by molar-refractivity contribution is 5.97. The van der Waals surface area contributed by atoms with E-state index in [0.29, 0.717) is 6.79 Å². The largest absolute Gasteiger partial charge is 0.406 e. The van der Waals surface area contributed by atoms with Gasteiger partial charge in [0.05, 0.1) is 5.60 Å². The number of ether oxygens (including phenoxy) is 1. The van der Waals surface area contributed by atoms with Gasteiger partial charge in [0.25, 0.3) is 0 Å². The van der Waals surface area contributed by atoms with Crippen molar-refractivity contribution in [1.82, 2.24) is 0 Å². The summed E-state index contributed by atoms with van der Waals surface area (Å²) in [4.78, 5) is 0. The summed E-state index contributed by atoms with van der Waals surface area (Å²) in [5.41, 5.74) is -0.0512. The van der Waals surface area contributed by atoms with E-state index in [4.69, 9.17) is 9.16 Å². The maximum Gasteiger partial charge on any atom is 0.149 e. The summed E-state index contributed by atoms with van der Waals surface area (Å²) in [7, 11) is 0.757. The van der Waals surface area contributed by atoms with Crippen LogP contribution in [0, 0.1) is 0 Å². The summed E-state index contributed by atoms with van der Waals surface area (Å²) in [6.45, 7) is 6.46. The topological polar surface area (TPSA) is 18.5 Å². The van der Waals surface area contributed by atoms with Gasteiger partial charge in [-0.2, -0.15) is 0 Å². The Hall–Kier alpha value is 0.137. The molecular weight excluding hydrogens is 120 g/mol. The van der Waals surface area contributed by atoms with Gasteiger partial charge < -0.3 is 9.16 Å². The average molecular weight is 134 g/mol. The van der Waals surface area contributed by atoms with Crippen molar-refractivity contribution in [2.45, 2.75) is 26.4 Å². The molecule has 3 heteroatoms. The lowest BCUT2D eigenvalue weighted by Crippen LogP contribution is -2.20. The molecule has 0 aliphatic heterocycles. The number of rotatable bonds is 2. The molecule has 0 atom stereocenters. The first-order chi connectivity index (χ1) is 3.56. The van der Waals surface area contributed by atoms with Crippen molar-refractivity contribution in [3.8, 4) is 0 Å². The minimum atomic E-state index is -0.0512. The van der Waals surface area contributed by atoms with Gasteiger partial charge in [-0.05, 0) is 20.8 Å². The predicted octanol–water partition coefficient (Wildman–Crippen LogP) is 0.0560. The van der Waals surface area contributed by atoms with E-state index in [1.807, 2.05) is 20.8 Å². The van der Waals surface area contributed by atoms with Crippen molar-refractivity contribution >= 4 is 10.5 Å². The molecule has 0 aromatic rings. The molecule has 0 rings (SSSR count). The highest BCUT2D eigenvalue weighted by atomic mass is 28.2. The summed E-state index contributed by atoms with van der Waals surface area (Å²) < 4.78 is 10.0. The molecule has 0 aliphatic rings. The van der Waals surface area contributed by atoms with Crippen LogP contribution < -0.4 is 0 Å². The summed E-state index contributed by atoms with van der Waals surface area (Å²) in [6, 6.07) is 0. The summed E-state index contributed by atoms with van der Waals surface area (Å²) in [5.74, 6) is 0. The van der Waals surface area contributed by atoms with Crippen LogP contribution in [-0.4, -0.2) is 22.9 Å². The smallest absolute Gasteiger partial charge is 0.149 e. The summed E-state index contributed by atoms with van der Waals surface area (Å²) in [5, 5.41) is 0. The van der Waals surface area contributed by atoms with Crippen molar-refractivity contribution in [2.24, 2.45) is 0 Å². The average Bonchev–Trinajstić information content (AvgIpc) is 1.59. The van der Waals surface area contributed by atoms with Gasteiger partial charge >= 0.3 is 0 Å². The standard InChI is InChI=1S/C5H14O2Si/c1-5(2,3)6-4-7-8/h4H2,1-3,8H3. The quantitative estimate of drug-likeness (QED) is 0.392. The van der Waals surface area contributed by atoms with Crippen LogP contribution in [0.15, 0.2) is 0 Å². The lowest BCUT2D eigenvalue weighted by molar-refractivity contribution is -0.0735. The van der Waals surface area contributed by atoms with Crippen LogP contribution in [0.4, 0.5) is 0 Å². The lowest BCUT2D eigenvalue weighted by atomic mass is 10.2. The summed E-state index contributed by atoms with van der Waals surface area (Å²) in [6.07, 6.45) is 0. The summed E-state index contributed by atoms with van der Waals surface area (Å²) >= 11 is 0. The van der Waals surface area contributed by atoms with Crippen LogP contribution in [0.3, 0.4) is 0 Å². The molecule has 0 amide bonds. The van der Waals surface area contributed by atoms with Gasteiger partial charge in [-0.3, -0.25) is 0 Å². The van der Waals surface area contributed by atoms with Crippen LogP contribution in [0.5, 0.6) is 0 Å². The predicted molar refractivity (Wildman–Crippen MR) is 36.7 cm³/mol. The number of hydrogen-bond acceptors (Lipinski definition) is 2. The van der Waals surface area contributed by atoms with E-state index in [2.05, 4.69) is 0 Å². The van der Waals surface area contributed by atoms with Crippen molar-refractivity contribution in [2.75, 3.05) is 6.79 Å². The zero-order valence-corrected chi connectivity index (χ0v) is 8.02. The normalized spacial score (nSPS) is 12.4. The van der Waals surface area contributed by atoms with E-state index >= 15 is 0 Å². The first kappa shape index (κ1) is 8.14. The van der Waals surface area contributed by atoms with Crippen molar-refractivity contribution in [1.29, 1.82) is 0 Å². The molecule has 0 aromatic heterocycles. The maximum absolute atomic E-state index is 5.19. The molecule has 2 nitrogen and oxygen atoms in total. The van der Waals surface area contributed by atoms with E-state index in [9.17, 15) is 0 Å². The van der Waals surface area contributed by atoms with Crippen LogP contribution >= 0.6 is 0 Å². The SMILES string of the molecule is CC(C)(C)OCO[SiH3]. The second-order valence-electron chi connectivity index (χ2n) is 2.66. The Bertz CT molecular complexity index is 57.9. The molecule has 8 heavy (non-hydrogen) atoms. The van der Waals surface area contributed by atoms with Gasteiger partial charge in [0.15, 0.2) is 0 Å². The van der Waals surface area contributed by atoms with Gasteiger partial charge in [-0.25, -0.2) is 0 Å². The Balaban J connectivity index is 3.11. The Morgan fingerprint density at radius 3 is 2.00 bits per heavy atom. The first-order valence-electron chi connectivity index (χ1n) is 2.69. The third kappa shape index (κ3) is 6.14. The fourth-order valence-corrected chi connectivity index (χ4v) is 0.354. The van der Waals surface area contributed by atoms with Crippen molar-refractivity contribution < 1.29 is 9.16 Å².